The van der Waals surface area contributed by atoms with E-state index in [-0.39, 0.29) is 5.82 Å². The zero-order valence-corrected chi connectivity index (χ0v) is 14.2. The first-order valence-electron chi connectivity index (χ1n) is 8.84. The van der Waals surface area contributed by atoms with Crippen LogP contribution >= 0.6 is 0 Å². The van der Waals surface area contributed by atoms with Crippen molar-refractivity contribution in [3.63, 3.8) is 0 Å². The number of aromatic nitrogens is 4. The number of pyridine rings is 1. The molecule has 0 unspecified atom stereocenters. The Morgan fingerprint density at radius 3 is 2.83 bits per heavy atom. The molecule has 3 heterocycles. The maximum Gasteiger partial charge on any atom is 0.153 e. The van der Waals surface area contributed by atoms with Gasteiger partial charge in [0.2, 0.25) is 0 Å². The van der Waals surface area contributed by atoms with Crippen molar-refractivity contribution in [2.24, 2.45) is 11.8 Å². The first-order valence-corrected chi connectivity index (χ1v) is 8.84. The standard InChI is InChI=1S/C18H24FN5/c1-11(2)17-21-18(23-22-17)15-10-24(9-14(15)12-3-4-12)8-13-5-6-20-7-16(13)19/h5-7,11-12,14-15H,3-4,8-10H2,1-2H3,(H,21,22,23)/t14-,15+/m1/s1. The minimum absolute atomic E-state index is 0.217. The Kier molecular flexibility index (Phi) is 4.08. The van der Waals surface area contributed by atoms with Gasteiger partial charge in [-0.3, -0.25) is 15.0 Å². The average Bonchev–Trinajstić information content (AvgIpc) is 3.13. The Hall–Kier alpha value is -1.82. The van der Waals surface area contributed by atoms with Gasteiger partial charge in [0, 0.05) is 43.2 Å². The summed E-state index contributed by atoms with van der Waals surface area (Å²) in [4.78, 5) is 10.9. The van der Waals surface area contributed by atoms with E-state index in [4.69, 9.17) is 4.98 Å². The summed E-state index contributed by atoms with van der Waals surface area (Å²) in [6, 6.07) is 1.78. The normalized spacial score (nSPS) is 24.8. The SMILES string of the molecule is CC(C)c1n[nH]c([C@H]2CN(Cc3ccncc3F)C[C@@H]2C2CC2)n1. The van der Waals surface area contributed by atoms with Crippen LogP contribution in [0.4, 0.5) is 4.39 Å². The van der Waals surface area contributed by atoms with E-state index < -0.39 is 0 Å². The smallest absolute Gasteiger partial charge is 0.153 e. The number of hydrogen-bond donors (Lipinski definition) is 1. The molecule has 2 aromatic rings. The average molecular weight is 329 g/mol. The van der Waals surface area contributed by atoms with Gasteiger partial charge in [-0.1, -0.05) is 13.8 Å². The number of hydrogen-bond acceptors (Lipinski definition) is 4. The van der Waals surface area contributed by atoms with Crippen molar-refractivity contribution in [2.45, 2.75) is 45.1 Å². The molecule has 128 valence electrons. The number of nitrogens with zero attached hydrogens (tertiary/aromatic N) is 4. The van der Waals surface area contributed by atoms with Gasteiger partial charge in [0.25, 0.3) is 0 Å². The number of likely N-dealkylation sites (tertiary alicyclic amines) is 1. The topological polar surface area (TPSA) is 57.7 Å². The second-order valence-corrected chi connectivity index (χ2v) is 7.50. The van der Waals surface area contributed by atoms with Crippen LogP contribution in [0.15, 0.2) is 18.5 Å². The molecule has 1 aliphatic heterocycles. The Morgan fingerprint density at radius 1 is 1.33 bits per heavy atom. The van der Waals surface area contributed by atoms with Crippen LogP contribution in [-0.4, -0.2) is 38.2 Å². The van der Waals surface area contributed by atoms with Gasteiger partial charge in [0.05, 0.1) is 6.20 Å². The molecule has 1 aliphatic carbocycles. The lowest BCUT2D eigenvalue weighted by Crippen LogP contribution is -2.21. The van der Waals surface area contributed by atoms with Crippen LogP contribution in [0.1, 0.15) is 55.7 Å². The Balaban J connectivity index is 1.52. The summed E-state index contributed by atoms with van der Waals surface area (Å²) in [5, 5.41) is 7.54. The molecule has 0 radical (unpaired) electrons. The zero-order chi connectivity index (χ0) is 16.7. The van der Waals surface area contributed by atoms with E-state index in [2.05, 4.69) is 33.9 Å². The van der Waals surface area contributed by atoms with Gasteiger partial charge in [-0.25, -0.2) is 9.37 Å². The van der Waals surface area contributed by atoms with Crippen LogP contribution < -0.4 is 0 Å². The molecule has 4 rings (SSSR count). The molecule has 2 aliphatic rings. The van der Waals surface area contributed by atoms with Crippen molar-refractivity contribution in [2.75, 3.05) is 13.1 Å². The first kappa shape index (κ1) is 15.7. The lowest BCUT2D eigenvalue weighted by Gasteiger charge is -2.15. The molecule has 2 atom stereocenters. The molecule has 1 saturated heterocycles. The molecule has 5 nitrogen and oxygen atoms in total. The highest BCUT2D eigenvalue weighted by molar-refractivity contribution is 5.15. The maximum atomic E-state index is 13.9. The predicted octanol–water partition coefficient (Wildman–Crippen LogP) is 3.09. The summed E-state index contributed by atoms with van der Waals surface area (Å²) in [6.07, 6.45) is 5.58. The molecule has 2 fully saturated rings. The largest absolute Gasteiger partial charge is 0.298 e. The highest BCUT2D eigenvalue weighted by Gasteiger charge is 2.44. The summed E-state index contributed by atoms with van der Waals surface area (Å²) in [7, 11) is 0. The highest BCUT2D eigenvalue weighted by atomic mass is 19.1. The molecule has 0 bridgehead atoms. The lowest BCUT2D eigenvalue weighted by atomic mass is 9.91. The first-order chi connectivity index (χ1) is 11.6. The van der Waals surface area contributed by atoms with E-state index in [1.807, 2.05) is 0 Å². The summed E-state index contributed by atoms with van der Waals surface area (Å²) >= 11 is 0. The highest BCUT2D eigenvalue weighted by Crippen LogP contribution is 2.47. The number of nitrogens with one attached hydrogen (secondary N) is 1. The Labute approximate surface area is 141 Å². The van der Waals surface area contributed by atoms with Gasteiger partial charge in [0.1, 0.15) is 11.6 Å². The molecule has 24 heavy (non-hydrogen) atoms. The summed E-state index contributed by atoms with van der Waals surface area (Å²) < 4.78 is 13.9. The van der Waals surface area contributed by atoms with Crippen LogP contribution in [0, 0.1) is 17.7 Å². The van der Waals surface area contributed by atoms with Crippen molar-refractivity contribution >= 4 is 0 Å². The number of aromatic amines is 1. The van der Waals surface area contributed by atoms with Crippen molar-refractivity contribution in [3.05, 3.63) is 41.5 Å². The molecular formula is C18H24FN5. The van der Waals surface area contributed by atoms with E-state index in [1.54, 1.807) is 12.3 Å². The monoisotopic (exact) mass is 329 g/mol. The van der Waals surface area contributed by atoms with Crippen LogP contribution in [0.3, 0.4) is 0 Å². The quantitative estimate of drug-likeness (QED) is 0.916. The van der Waals surface area contributed by atoms with Gasteiger partial charge < -0.3 is 0 Å². The van der Waals surface area contributed by atoms with Gasteiger partial charge in [0.15, 0.2) is 5.82 Å². The number of H-pyrrole nitrogens is 1. The minimum Gasteiger partial charge on any atom is -0.298 e. The molecule has 1 N–H and O–H groups in total. The van der Waals surface area contributed by atoms with Crippen molar-refractivity contribution in [1.29, 1.82) is 0 Å². The summed E-state index contributed by atoms with van der Waals surface area (Å²) in [5.41, 5.74) is 0.723. The third-order valence-electron chi connectivity index (χ3n) is 5.31. The number of rotatable bonds is 5. The minimum atomic E-state index is -0.217. The maximum absolute atomic E-state index is 13.9. The van der Waals surface area contributed by atoms with Gasteiger partial charge in [-0.15, -0.1) is 0 Å². The second kappa shape index (κ2) is 6.24. The van der Waals surface area contributed by atoms with Gasteiger partial charge in [-0.2, -0.15) is 5.10 Å². The molecule has 2 aromatic heterocycles. The van der Waals surface area contributed by atoms with Crippen molar-refractivity contribution < 1.29 is 4.39 Å². The third-order valence-corrected chi connectivity index (χ3v) is 5.31. The van der Waals surface area contributed by atoms with Crippen molar-refractivity contribution in [1.82, 2.24) is 25.1 Å². The third kappa shape index (κ3) is 3.07. The Morgan fingerprint density at radius 2 is 2.17 bits per heavy atom. The van der Waals surface area contributed by atoms with Crippen LogP contribution in [-0.2, 0) is 6.54 Å². The summed E-state index contributed by atoms with van der Waals surface area (Å²) in [6.45, 7) is 6.78. The van der Waals surface area contributed by atoms with E-state index in [9.17, 15) is 4.39 Å². The van der Waals surface area contributed by atoms with Crippen molar-refractivity contribution in [3.8, 4) is 0 Å². The lowest BCUT2D eigenvalue weighted by molar-refractivity contribution is 0.304. The second-order valence-electron chi connectivity index (χ2n) is 7.50. The molecule has 0 aromatic carbocycles. The molecule has 1 saturated carbocycles. The molecule has 6 heteroatoms. The van der Waals surface area contributed by atoms with Gasteiger partial charge in [-0.05, 0) is 30.7 Å². The fourth-order valence-electron chi connectivity index (χ4n) is 3.82. The molecule has 0 amide bonds. The van der Waals surface area contributed by atoms with Crippen LogP contribution in [0.2, 0.25) is 0 Å². The van der Waals surface area contributed by atoms with E-state index in [1.165, 1.54) is 19.0 Å². The van der Waals surface area contributed by atoms with E-state index in [0.29, 0.717) is 24.3 Å². The van der Waals surface area contributed by atoms with Gasteiger partial charge >= 0.3 is 0 Å². The molecule has 0 spiro atoms. The van der Waals surface area contributed by atoms with E-state index >= 15 is 0 Å². The number of halogens is 1. The van der Waals surface area contributed by atoms with E-state index in [0.717, 1.165) is 36.2 Å². The zero-order valence-electron chi connectivity index (χ0n) is 14.2. The summed E-state index contributed by atoms with van der Waals surface area (Å²) in [5.74, 6) is 3.77. The predicted molar refractivity (Wildman–Crippen MR) is 88.9 cm³/mol. The van der Waals surface area contributed by atoms with Crippen LogP contribution in [0.25, 0.3) is 0 Å². The fraction of sp³-hybridized carbons (Fsp3) is 0.611. The van der Waals surface area contributed by atoms with Crippen LogP contribution in [0.5, 0.6) is 0 Å². The fourth-order valence-corrected chi connectivity index (χ4v) is 3.82. The molecular weight excluding hydrogens is 305 g/mol. The Bertz CT molecular complexity index is 709.